The van der Waals surface area contributed by atoms with Crippen LogP contribution in [0, 0.1) is 12.7 Å². The van der Waals surface area contributed by atoms with Gasteiger partial charge in [0, 0.05) is 11.1 Å². The van der Waals surface area contributed by atoms with Crippen LogP contribution in [0.4, 0.5) is 4.39 Å². The second-order valence-corrected chi connectivity index (χ2v) is 4.57. The van der Waals surface area contributed by atoms with E-state index in [1.54, 1.807) is 25.1 Å². The SMILES string of the molecule is CC(=NO)c1ccc(C)cc1OCc1ccccc1F. The van der Waals surface area contributed by atoms with Gasteiger partial charge < -0.3 is 9.94 Å². The van der Waals surface area contributed by atoms with E-state index in [0.717, 1.165) is 5.56 Å². The molecule has 0 aliphatic carbocycles. The maximum atomic E-state index is 13.6. The highest BCUT2D eigenvalue weighted by molar-refractivity contribution is 6.00. The molecule has 0 aliphatic heterocycles. The second kappa shape index (κ2) is 6.19. The fourth-order valence-corrected chi connectivity index (χ4v) is 1.87. The molecular weight excluding hydrogens is 257 g/mol. The van der Waals surface area contributed by atoms with Crippen LogP contribution in [0.2, 0.25) is 0 Å². The van der Waals surface area contributed by atoms with Crippen LogP contribution in [0.3, 0.4) is 0 Å². The molecule has 104 valence electrons. The highest BCUT2D eigenvalue weighted by Gasteiger charge is 2.09. The van der Waals surface area contributed by atoms with Gasteiger partial charge in [-0.25, -0.2) is 4.39 Å². The third-order valence-corrected chi connectivity index (χ3v) is 3.02. The van der Waals surface area contributed by atoms with Gasteiger partial charge >= 0.3 is 0 Å². The van der Waals surface area contributed by atoms with Crippen molar-refractivity contribution < 1.29 is 14.3 Å². The maximum Gasteiger partial charge on any atom is 0.129 e. The number of hydrogen-bond donors (Lipinski definition) is 1. The molecule has 3 nitrogen and oxygen atoms in total. The lowest BCUT2D eigenvalue weighted by atomic mass is 10.1. The summed E-state index contributed by atoms with van der Waals surface area (Å²) in [5.74, 6) is 0.276. The van der Waals surface area contributed by atoms with E-state index in [-0.39, 0.29) is 12.4 Å². The number of oxime groups is 1. The predicted molar refractivity (Wildman–Crippen MR) is 75.9 cm³/mol. The first-order valence-electron chi connectivity index (χ1n) is 6.27. The Morgan fingerprint density at radius 1 is 1.25 bits per heavy atom. The molecule has 20 heavy (non-hydrogen) atoms. The topological polar surface area (TPSA) is 41.8 Å². The number of rotatable bonds is 4. The lowest BCUT2D eigenvalue weighted by molar-refractivity contribution is 0.297. The van der Waals surface area contributed by atoms with Crippen molar-refractivity contribution in [3.8, 4) is 5.75 Å². The molecule has 0 aromatic heterocycles. The summed E-state index contributed by atoms with van der Waals surface area (Å²) in [5.41, 5.74) is 2.64. The van der Waals surface area contributed by atoms with E-state index in [1.807, 2.05) is 25.1 Å². The van der Waals surface area contributed by atoms with Gasteiger partial charge in [0.15, 0.2) is 0 Å². The summed E-state index contributed by atoms with van der Waals surface area (Å²) < 4.78 is 19.2. The number of nitrogens with zero attached hydrogens (tertiary/aromatic N) is 1. The van der Waals surface area contributed by atoms with Crippen molar-refractivity contribution >= 4 is 5.71 Å². The average molecular weight is 273 g/mol. The Hall–Kier alpha value is -2.36. The Morgan fingerprint density at radius 3 is 2.70 bits per heavy atom. The molecule has 2 rings (SSSR count). The van der Waals surface area contributed by atoms with Crippen LogP contribution in [-0.4, -0.2) is 10.9 Å². The van der Waals surface area contributed by atoms with Gasteiger partial charge in [-0.3, -0.25) is 0 Å². The van der Waals surface area contributed by atoms with Gasteiger partial charge in [0.05, 0.1) is 5.71 Å². The molecule has 0 atom stereocenters. The van der Waals surface area contributed by atoms with E-state index in [0.29, 0.717) is 22.6 Å². The first-order chi connectivity index (χ1) is 9.61. The monoisotopic (exact) mass is 273 g/mol. The molecular formula is C16H16FNO2. The molecule has 0 fully saturated rings. The third-order valence-electron chi connectivity index (χ3n) is 3.02. The molecule has 0 saturated carbocycles. The number of halogens is 1. The molecule has 4 heteroatoms. The average Bonchev–Trinajstić information content (AvgIpc) is 2.46. The van der Waals surface area contributed by atoms with Crippen molar-refractivity contribution in [2.45, 2.75) is 20.5 Å². The predicted octanol–water partition coefficient (Wildman–Crippen LogP) is 3.91. The number of ether oxygens (including phenoxy) is 1. The minimum Gasteiger partial charge on any atom is -0.488 e. The Morgan fingerprint density at radius 2 is 2.00 bits per heavy atom. The van der Waals surface area contributed by atoms with E-state index in [2.05, 4.69) is 5.16 Å². The van der Waals surface area contributed by atoms with E-state index in [1.165, 1.54) is 6.07 Å². The molecule has 0 amide bonds. The summed E-state index contributed by atoms with van der Waals surface area (Å²) in [6.45, 7) is 3.74. The van der Waals surface area contributed by atoms with E-state index in [9.17, 15) is 4.39 Å². The smallest absolute Gasteiger partial charge is 0.129 e. The third kappa shape index (κ3) is 3.15. The van der Waals surface area contributed by atoms with Crippen LogP contribution >= 0.6 is 0 Å². The van der Waals surface area contributed by atoms with Crippen LogP contribution in [0.5, 0.6) is 5.75 Å². The zero-order valence-electron chi connectivity index (χ0n) is 11.4. The minimum absolute atomic E-state index is 0.127. The Balaban J connectivity index is 2.25. The zero-order chi connectivity index (χ0) is 14.5. The lowest BCUT2D eigenvalue weighted by Gasteiger charge is -2.12. The summed E-state index contributed by atoms with van der Waals surface area (Å²) >= 11 is 0. The number of aryl methyl sites for hydroxylation is 1. The minimum atomic E-state index is -0.297. The van der Waals surface area contributed by atoms with Gasteiger partial charge in [-0.05, 0) is 37.6 Å². The van der Waals surface area contributed by atoms with Crippen LogP contribution in [0.25, 0.3) is 0 Å². The van der Waals surface area contributed by atoms with Crippen LogP contribution in [0.1, 0.15) is 23.6 Å². The van der Waals surface area contributed by atoms with Crippen molar-refractivity contribution in [1.82, 2.24) is 0 Å². The molecule has 0 radical (unpaired) electrons. The molecule has 0 bridgehead atoms. The maximum absolute atomic E-state index is 13.6. The molecule has 2 aromatic carbocycles. The lowest BCUT2D eigenvalue weighted by Crippen LogP contribution is -2.04. The van der Waals surface area contributed by atoms with Gasteiger partial charge in [0.25, 0.3) is 0 Å². The summed E-state index contributed by atoms with van der Waals surface area (Å²) in [6, 6.07) is 12.0. The Bertz CT molecular complexity index is 638. The number of benzene rings is 2. The van der Waals surface area contributed by atoms with Crippen LogP contribution in [0.15, 0.2) is 47.6 Å². The van der Waals surface area contributed by atoms with Crippen LogP contribution in [-0.2, 0) is 6.61 Å². The molecule has 0 saturated heterocycles. The quantitative estimate of drug-likeness (QED) is 0.521. The summed E-state index contributed by atoms with van der Waals surface area (Å²) in [4.78, 5) is 0. The van der Waals surface area contributed by atoms with Crippen molar-refractivity contribution in [2.75, 3.05) is 0 Å². The molecule has 1 N–H and O–H groups in total. The van der Waals surface area contributed by atoms with E-state index in [4.69, 9.17) is 9.94 Å². The highest BCUT2D eigenvalue weighted by Crippen LogP contribution is 2.23. The Labute approximate surface area is 117 Å². The molecule has 0 spiro atoms. The standard InChI is InChI=1S/C16H16FNO2/c1-11-7-8-14(12(2)18-19)16(9-11)20-10-13-5-3-4-6-15(13)17/h3-9,19H,10H2,1-2H3. The number of hydrogen-bond acceptors (Lipinski definition) is 3. The van der Waals surface area contributed by atoms with Gasteiger partial charge in [0.1, 0.15) is 18.2 Å². The summed E-state index contributed by atoms with van der Waals surface area (Å²) in [5, 5.41) is 12.1. The van der Waals surface area contributed by atoms with Gasteiger partial charge in [-0.2, -0.15) is 0 Å². The van der Waals surface area contributed by atoms with Crippen molar-refractivity contribution in [1.29, 1.82) is 0 Å². The van der Waals surface area contributed by atoms with Gasteiger partial charge in [-0.15, -0.1) is 0 Å². The molecule has 0 heterocycles. The van der Waals surface area contributed by atoms with Crippen molar-refractivity contribution in [3.63, 3.8) is 0 Å². The summed E-state index contributed by atoms with van der Waals surface area (Å²) in [7, 11) is 0. The van der Waals surface area contributed by atoms with Gasteiger partial charge in [0.2, 0.25) is 0 Å². The molecule has 0 unspecified atom stereocenters. The molecule has 2 aromatic rings. The first kappa shape index (κ1) is 14.1. The highest BCUT2D eigenvalue weighted by atomic mass is 19.1. The fourth-order valence-electron chi connectivity index (χ4n) is 1.87. The van der Waals surface area contributed by atoms with E-state index < -0.39 is 0 Å². The molecule has 0 aliphatic rings. The first-order valence-corrected chi connectivity index (χ1v) is 6.27. The largest absolute Gasteiger partial charge is 0.488 e. The summed E-state index contributed by atoms with van der Waals surface area (Å²) in [6.07, 6.45) is 0. The van der Waals surface area contributed by atoms with Crippen LogP contribution < -0.4 is 4.74 Å². The normalized spacial score (nSPS) is 11.4. The fraction of sp³-hybridized carbons (Fsp3) is 0.188. The second-order valence-electron chi connectivity index (χ2n) is 4.57. The zero-order valence-corrected chi connectivity index (χ0v) is 11.4. The Kier molecular flexibility index (Phi) is 4.35. The van der Waals surface area contributed by atoms with Crippen molar-refractivity contribution in [3.05, 3.63) is 65.0 Å². The van der Waals surface area contributed by atoms with Crippen molar-refractivity contribution in [2.24, 2.45) is 5.16 Å². The van der Waals surface area contributed by atoms with E-state index >= 15 is 0 Å². The van der Waals surface area contributed by atoms with Gasteiger partial charge in [-0.1, -0.05) is 29.4 Å².